The number of piperidine rings is 1. The smallest absolute Gasteiger partial charge is 0.410 e. The van der Waals surface area contributed by atoms with E-state index in [1.807, 2.05) is 31.2 Å². The maximum atomic E-state index is 12.3. The number of rotatable bonds is 6. The number of amides is 2. The summed E-state index contributed by atoms with van der Waals surface area (Å²) in [6, 6.07) is 9.53. The number of carbonyl (C=O) groups excluding carboxylic acids is 2. The summed E-state index contributed by atoms with van der Waals surface area (Å²) < 4.78 is 5.42. The van der Waals surface area contributed by atoms with Gasteiger partial charge in [-0.25, -0.2) is 14.8 Å². The van der Waals surface area contributed by atoms with Gasteiger partial charge in [0.25, 0.3) is 5.91 Å². The van der Waals surface area contributed by atoms with E-state index in [0.717, 1.165) is 18.4 Å². The number of hydrogen-bond donors (Lipinski definition) is 2. The van der Waals surface area contributed by atoms with Crippen molar-refractivity contribution >= 4 is 17.9 Å². The summed E-state index contributed by atoms with van der Waals surface area (Å²) in [4.78, 5) is 34.4. The van der Waals surface area contributed by atoms with E-state index in [9.17, 15) is 9.59 Å². The lowest BCUT2D eigenvalue weighted by Crippen LogP contribution is -2.41. The van der Waals surface area contributed by atoms with Crippen LogP contribution in [0.25, 0.3) is 0 Å². The molecule has 0 unspecified atom stereocenters. The first-order chi connectivity index (χ1) is 14.0. The largest absolute Gasteiger partial charge is 0.445 e. The van der Waals surface area contributed by atoms with Crippen molar-refractivity contribution in [3.8, 4) is 0 Å². The normalized spacial score (nSPS) is 14.3. The molecule has 1 fully saturated rings. The van der Waals surface area contributed by atoms with Crippen LogP contribution in [0.15, 0.2) is 36.5 Å². The molecule has 1 saturated heterocycles. The molecule has 0 aliphatic carbocycles. The topological polar surface area (TPSA) is 96.5 Å². The zero-order valence-corrected chi connectivity index (χ0v) is 16.9. The highest BCUT2D eigenvalue weighted by Gasteiger charge is 2.24. The summed E-state index contributed by atoms with van der Waals surface area (Å²) in [6.45, 7) is 4.12. The molecule has 0 saturated carbocycles. The number of anilines is 1. The zero-order valence-electron chi connectivity index (χ0n) is 16.9. The van der Waals surface area contributed by atoms with Crippen LogP contribution < -0.4 is 10.6 Å². The van der Waals surface area contributed by atoms with Crippen LogP contribution in [0.3, 0.4) is 0 Å². The van der Waals surface area contributed by atoms with Crippen LogP contribution in [-0.2, 0) is 11.3 Å². The highest BCUT2D eigenvalue weighted by Crippen LogP contribution is 2.18. The minimum Gasteiger partial charge on any atom is -0.445 e. The van der Waals surface area contributed by atoms with Gasteiger partial charge in [0.1, 0.15) is 12.3 Å². The third kappa shape index (κ3) is 5.91. The molecule has 1 aliphatic heterocycles. The van der Waals surface area contributed by atoms with Crippen LogP contribution in [-0.4, -0.2) is 53.6 Å². The van der Waals surface area contributed by atoms with Gasteiger partial charge in [0.2, 0.25) is 5.95 Å². The molecule has 8 heteroatoms. The second-order valence-corrected chi connectivity index (χ2v) is 7.20. The number of carbonyl (C=O) groups is 2. The minimum absolute atomic E-state index is 0.219. The second kappa shape index (κ2) is 9.86. The Labute approximate surface area is 170 Å². The van der Waals surface area contributed by atoms with Crippen molar-refractivity contribution in [1.29, 1.82) is 0 Å². The molecule has 29 heavy (non-hydrogen) atoms. The Morgan fingerprint density at radius 2 is 1.90 bits per heavy atom. The molecule has 2 N–H and O–H groups in total. The summed E-state index contributed by atoms with van der Waals surface area (Å²) in [5.41, 5.74) is 2.49. The zero-order chi connectivity index (χ0) is 20.6. The van der Waals surface area contributed by atoms with Crippen LogP contribution in [0.1, 0.15) is 34.5 Å². The quantitative estimate of drug-likeness (QED) is 0.778. The van der Waals surface area contributed by atoms with Crippen molar-refractivity contribution in [3.63, 3.8) is 0 Å². The summed E-state index contributed by atoms with van der Waals surface area (Å²) in [5.74, 6) is 0.518. The Bertz CT molecular complexity index is 832. The summed E-state index contributed by atoms with van der Waals surface area (Å²) in [7, 11) is 1.70. The van der Waals surface area contributed by atoms with E-state index in [0.29, 0.717) is 37.2 Å². The number of likely N-dealkylation sites (tertiary alicyclic amines) is 1. The first kappa shape index (κ1) is 20.6. The molecule has 0 atom stereocenters. The van der Waals surface area contributed by atoms with E-state index in [1.54, 1.807) is 24.2 Å². The van der Waals surface area contributed by atoms with Gasteiger partial charge < -0.3 is 20.3 Å². The van der Waals surface area contributed by atoms with Crippen molar-refractivity contribution in [2.24, 2.45) is 5.92 Å². The molecule has 2 aromatic rings. The molecule has 0 spiro atoms. The number of aromatic nitrogens is 2. The maximum absolute atomic E-state index is 12.3. The van der Waals surface area contributed by atoms with Gasteiger partial charge in [-0.15, -0.1) is 0 Å². The fourth-order valence-electron chi connectivity index (χ4n) is 3.17. The third-order valence-corrected chi connectivity index (χ3v) is 5.02. The number of benzene rings is 1. The summed E-state index contributed by atoms with van der Waals surface area (Å²) in [5, 5.41) is 5.74. The Morgan fingerprint density at radius 3 is 2.59 bits per heavy atom. The van der Waals surface area contributed by atoms with Gasteiger partial charge in [-0.3, -0.25) is 4.79 Å². The average Bonchev–Trinajstić information content (AvgIpc) is 2.77. The standard InChI is InChI=1S/C21H27N5O3/c1-15-3-5-17(6-4-15)14-29-21(28)26-11-8-16(9-12-26)13-24-19(27)18-7-10-23-20(22-2)25-18/h3-7,10,16H,8-9,11-14H2,1-2H3,(H,24,27)(H,22,23,25). The summed E-state index contributed by atoms with van der Waals surface area (Å²) in [6.07, 6.45) is 2.92. The number of nitrogens with zero attached hydrogens (tertiary/aromatic N) is 3. The van der Waals surface area contributed by atoms with E-state index < -0.39 is 0 Å². The number of ether oxygens (including phenoxy) is 1. The van der Waals surface area contributed by atoms with Gasteiger partial charge in [0.05, 0.1) is 0 Å². The lowest BCUT2D eigenvalue weighted by Gasteiger charge is -2.31. The minimum atomic E-state index is -0.284. The molecule has 0 radical (unpaired) electrons. The van der Waals surface area contributed by atoms with E-state index in [4.69, 9.17) is 4.74 Å². The number of nitrogens with one attached hydrogen (secondary N) is 2. The van der Waals surface area contributed by atoms with Crippen molar-refractivity contribution in [2.45, 2.75) is 26.4 Å². The monoisotopic (exact) mass is 397 g/mol. The van der Waals surface area contributed by atoms with Crippen LogP contribution in [0.4, 0.5) is 10.7 Å². The maximum Gasteiger partial charge on any atom is 0.410 e. The SMILES string of the molecule is CNc1nccc(C(=O)NCC2CCN(C(=O)OCc3ccc(C)cc3)CC2)n1. The molecule has 2 heterocycles. The Balaban J connectivity index is 1.38. The molecular weight excluding hydrogens is 370 g/mol. The molecule has 154 valence electrons. The molecule has 1 aromatic carbocycles. The highest BCUT2D eigenvalue weighted by atomic mass is 16.6. The van der Waals surface area contributed by atoms with Crippen molar-refractivity contribution in [3.05, 3.63) is 53.3 Å². The number of hydrogen-bond acceptors (Lipinski definition) is 6. The van der Waals surface area contributed by atoms with Gasteiger partial charge in [-0.2, -0.15) is 0 Å². The molecule has 3 rings (SSSR count). The average molecular weight is 397 g/mol. The van der Waals surface area contributed by atoms with E-state index in [-0.39, 0.29) is 18.6 Å². The fourth-order valence-corrected chi connectivity index (χ4v) is 3.17. The second-order valence-electron chi connectivity index (χ2n) is 7.20. The Morgan fingerprint density at radius 1 is 1.17 bits per heavy atom. The van der Waals surface area contributed by atoms with E-state index in [1.165, 1.54) is 5.56 Å². The number of aryl methyl sites for hydroxylation is 1. The predicted molar refractivity (Wildman–Crippen MR) is 110 cm³/mol. The molecule has 8 nitrogen and oxygen atoms in total. The van der Waals surface area contributed by atoms with Crippen LogP contribution >= 0.6 is 0 Å². The first-order valence-electron chi connectivity index (χ1n) is 9.81. The van der Waals surface area contributed by atoms with Crippen LogP contribution in [0.5, 0.6) is 0 Å². The lowest BCUT2D eigenvalue weighted by molar-refractivity contribution is 0.0800. The van der Waals surface area contributed by atoms with Gasteiger partial charge in [0.15, 0.2) is 0 Å². The van der Waals surface area contributed by atoms with Crippen molar-refractivity contribution in [2.75, 3.05) is 32.0 Å². The molecular formula is C21H27N5O3. The van der Waals surface area contributed by atoms with Crippen LogP contribution in [0, 0.1) is 12.8 Å². The first-order valence-corrected chi connectivity index (χ1v) is 9.81. The molecule has 0 bridgehead atoms. The van der Waals surface area contributed by atoms with Crippen molar-refractivity contribution in [1.82, 2.24) is 20.2 Å². The molecule has 1 aromatic heterocycles. The van der Waals surface area contributed by atoms with Gasteiger partial charge in [-0.1, -0.05) is 29.8 Å². The Kier molecular flexibility index (Phi) is 6.99. The molecule has 2 amide bonds. The van der Waals surface area contributed by atoms with Gasteiger partial charge in [-0.05, 0) is 37.3 Å². The predicted octanol–water partition coefficient (Wildman–Crippen LogP) is 2.61. The lowest BCUT2D eigenvalue weighted by atomic mass is 9.97. The van der Waals surface area contributed by atoms with Gasteiger partial charge in [0, 0.05) is 32.9 Å². The van der Waals surface area contributed by atoms with Gasteiger partial charge >= 0.3 is 6.09 Å². The van der Waals surface area contributed by atoms with Crippen molar-refractivity contribution < 1.29 is 14.3 Å². The van der Waals surface area contributed by atoms with E-state index >= 15 is 0 Å². The third-order valence-electron chi connectivity index (χ3n) is 5.02. The summed E-state index contributed by atoms with van der Waals surface area (Å²) >= 11 is 0. The fraction of sp³-hybridized carbons (Fsp3) is 0.429. The van der Waals surface area contributed by atoms with E-state index in [2.05, 4.69) is 20.6 Å². The highest BCUT2D eigenvalue weighted by molar-refractivity contribution is 5.92. The van der Waals surface area contributed by atoms with Crippen LogP contribution in [0.2, 0.25) is 0 Å². The molecule has 1 aliphatic rings. The Hall–Kier alpha value is -3.16.